The Hall–Kier alpha value is -5.75. The first kappa shape index (κ1) is 43.9. The number of benzene rings is 4. The SMILES string of the molecule is Cn1ccc2cc(-c3c(C=CC(=O)NCCCN4CCCC4=O)ccc(Sc4ccc(C=CC(=O)NCCCN5CCCC5=O)c(-c5ccc6c(ccn6C)c5)c4Cl)c3Cl)ccc21. The van der Waals surface area contributed by atoms with E-state index in [4.69, 9.17) is 23.2 Å². The number of halogens is 2. The zero-order valence-corrected chi connectivity index (χ0v) is 37.8. The molecular weight excluding hydrogens is 852 g/mol. The van der Waals surface area contributed by atoms with Crippen LogP contribution in [0.15, 0.2) is 107 Å². The molecule has 2 aliphatic rings. The third-order valence-corrected chi connectivity index (χ3v) is 14.0. The zero-order chi connectivity index (χ0) is 44.0. The highest BCUT2D eigenvalue weighted by Crippen LogP contribution is 2.47. The number of amides is 4. The van der Waals surface area contributed by atoms with E-state index < -0.39 is 0 Å². The van der Waals surface area contributed by atoms with Gasteiger partial charge in [-0.05, 0) is 109 Å². The molecule has 63 heavy (non-hydrogen) atoms. The molecule has 0 unspecified atom stereocenters. The number of nitrogens with one attached hydrogen (secondary N) is 2. The number of aryl methyl sites for hydroxylation is 2. The van der Waals surface area contributed by atoms with Crippen LogP contribution in [-0.2, 0) is 33.3 Å². The summed E-state index contributed by atoms with van der Waals surface area (Å²) in [6, 6.07) is 24.4. The Labute approximate surface area is 381 Å². The number of rotatable bonds is 16. The van der Waals surface area contributed by atoms with E-state index >= 15 is 0 Å². The first-order valence-electron chi connectivity index (χ1n) is 21.4. The van der Waals surface area contributed by atoms with Crippen LogP contribution >= 0.6 is 35.0 Å². The van der Waals surface area contributed by atoms with Gasteiger partial charge in [-0.3, -0.25) is 19.2 Å². The Morgan fingerprint density at radius 3 is 1.49 bits per heavy atom. The van der Waals surface area contributed by atoms with Crippen molar-refractivity contribution in [2.45, 2.75) is 48.3 Å². The highest BCUT2D eigenvalue weighted by Gasteiger charge is 2.22. The van der Waals surface area contributed by atoms with Crippen LogP contribution in [0.5, 0.6) is 0 Å². The van der Waals surface area contributed by atoms with Crippen LogP contribution < -0.4 is 10.6 Å². The molecule has 4 aromatic carbocycles. The minimum absolute atomic E-state index is 0.181. The van der Waals surface area contributed by atoms with Crippen molar-refractivity contribution in [3.63, 3.8) is 0 Å². The van der Waals surface area contributed by atoms with E-state index in [1.54, 1.807) is 12.2 Å². The number of likely N-dealkylation sites (tertiary alicyclic amines) is 2. The van der Waals surface area contributed by atoms with Crippen molar-refractivity contribution >= 4 is 92.6 Å². The molecule has 0 aliphatic carbocycles. The molecular formula is C50H50Cl2N6O4S. The fraction of sp³-hybridized carbons (Fsp3) is 0.280. The quantitative estimate of drug-likeness (QED) is 0.0743. The van der Waals surface area contributed by atoms with Gasteiger partial charge in [-0.25, -0.2) is 0 Å². The van der Waals surface area contributed by atoms with Crippen LogP contribution in [-0.4, -0.2) is 81.8 Å². The highest BCUT2D eigenvalue weighted by atomic mass is 35.5. The fourth-order valence-corrected chi connectivity index (χ4v) is 10.1. The Bertz CT molecular complexity index is 2600. The van der Waals surface area contributed by atoms with Gasteiger partial charge < -0.3 is 29.6 Å². The van der Waals surface area contributed by atoms with Gasteiger partial charge in [0, 0.05) is 133 Å². The van der Waals surface area contributed by atoms with Crippen molar-refractivity contribution in [1.29, 1.82) is 0 Å². The van der Waals surface area contributed by atoms with E-state index in [9.17, 15) is 19.2 Å². The van der Waals surface area contributed by atoms with E-state index in [2.05, 4.69) is 56.2 Å². The average Bonchev–Trinajstić information content (AvgIpc) is 4.08. The fourth-order valence-electron chi connectivity index (χ4n) is 8.45. The Morgan fingerprint density at radius 1 is 0.635 bits per heavy atom. The van der Waals surface area contributed by atoms with E-state index in [0.29, 0.717) is 61.9 Å². The molecule has 2 fully saturated rings. The van der Waals surface area contributed by atoms with Gasteiger partial charge in [-0.2, -0.15) is 0 Å². The van der Waals surface area contributed by atoms with Gasteiger partial charge in [0.15, 0.2) is 0 Å². The molecule has 4 amide bonds. The smallest absolute Gasteiger partial charge is 0.244 e. The normalized spacial score (nSPS) is 14.4. The molecule has 0 saturated carbocycles. The highest BCUT2D eigenvalue weighted by molar-refractivity contribution is 7.99. The number of carbonyl (C=O) groups is 4. The van der Waals surface area contributed by atoms with Gasteiger partial charge in [0.2, 0.25) is 23.6 Å². The molecule has 2 aliphatic heterocycles. The lowest BCUT2D eigenvalue weighted by atomic mass is 9.98. The van der Waals surface area contributed by atoms with Gasteiger partial charge in [-0.15, -0.1) is 0 Å². The Balaban J connectivity index is 1.07. The molecule has 0 bridgehead atoms. The third-order valence-electron chi connectivity index (χ3n) is 11.8. The first-order valence-corrected chi connectivity index (χ1v) is 23.0. The van der Waals surface area contributed by atoms with Crippen molar-refractivity contribution < 1.29 is 19.2 Å². The summed E-state index contributed by atoms with van der Waals surface area (Å²) in [6.07, 6.45) is 15.1. The molecule has 2 aromatic heterocycles. The maximum Gasteiger partial charge on any atom is 0.244 e. The van der Waals surface area contributed by atoms with Gasteiger partial charge >= 0.3 is 0 Å². The van der Waals surface area contributed by atoms with Crippen LogP contribution in [0, 0.1) is 0 Å². The monoisotopic (exact) mass is 900 g/mol. The van der Waals surface area contributed by atoms with Crippen LogP contribution in [0.25, 0.3) is 56.2 Å². The van der Waals surface area contributed by atoms with Crippen molar-refractivity contribution in [3.8, 4) is 22.3 Å². The summed E-state index contributed by atoms with van der Waals surface area (Å²) in [5.74, 6) is -0.0895. The van der Waals surface area contributed by atoms with E-state index in [0.717, 1.165) is 90.9 Å². The predicted molar refractivity (Wildman–Crippen MR) is 256 cm³/mol. The number of carbonyl (C=O) groups excluding carboxylic acids is 4. The number of hydrogen-bond acceptors (Lipinski definition) is 5. The maximum atomic E-state index is 13.0. The molecule has 2 N–H and O–H groups in total. The van der Waals surface area contributed by atoms with Crippen molar-refractivity contribution in [2.24, 2.45) is 14.1 Å². The predicted octanol–water partition coefficient (Wildman–Crippen LogP) is 9.75. The van der Waals surface area contributed by atoms with Crippen molar-refractivity contribution in [2.75, 3.05) is 39.3 Å². The largest absolute Gasteiger partial charge is 0.352 e. The lowest BCUT2D eigenvalue weighted by molar-refractivity contribution is -0.128. The van der Waals surface area contributed by atoms with E-state index in [1.807, 2.05) is 72.7 Å². The molecule has 6 aromatic rings. The summed E-state index contributed by atoms with van der Waals surface area (Å²) in [5.41, 5.74) is 7.11. The van der Waals surface area contributed by atoms with Crippen LogP contribution in [0.4, 0.5) is 0 Å². The summed E-state index contributed by atoms with van der Waals surface area (Å²) in [7, 11) is 4.02. The Morgan fingerprint density at radius 2 is 1.08 bits per heavy atom. The average molecular weight is 902 g/mol. The molecule has 0 radical (unpaired) electrons. The van der Waals surface area contributed by atoms with Crippen LogP contribution in [0.1, 0.15) is 49.7 Å². The molecule has 0 spiro atoms. The minimum atomic E-state index is -0.225. The number of aromatic nitrogens is 2. The second-order valence-electron chi connectivity index (χ2n) is 16.1. The van der Waals surface area contributed by atoms with Crippen LogP contribution in [0.2, 0.25) is 10.0 Å². The molecule has 10 nitrogen and oxygen atoms in total. The summed E-state index contributed by atoms with van der Waals surface area (Å²) in [6.45, 7) is 3.77. The van der Waals surface area contributed by atoms with Gasteiger partial charge in [0.05, 0.1) is 10.0 Å². The van der Waals surface area contributed by atoms with E-state index in [1.165, 1.54) is 23.9 Å². The number of hydrogen-bond donors (Lipinski definition) is 2. The molecule has 13 heteroatoms. The lowest BCUT2D eigenvalue weighted by Gasteiger charge is -2.17. The first-order chi connectivity index (χ1) is 30.5. The second kappa shape index (κ2) is 19.7. The summed E-state index contributed by atoms with van der Waals surface area (Å²) < 4.78 is 4.14. The second-order valence-corrected chi connectivity index (χ2v) is 18.0. The lowest BCUT2D eigenvalue weighted by Crippen LogP contribution is -2.29. The minimum Gasteiger partial charge on any atom is -0.352 e. The molecule has 8 rings (SSSR count). The third kappa shape index (κ3) is 10.1. The summed E-state index contributed by atoms with van der Waals surface area (Å²) in [4.78, 5) is 55.2. The van der Waals surface area contributed by atoms with Gasteiger partial charge in [0.1, 0.15) is 0 Å². The molecule has 2 saturated heterocycles. The summed E-state index contributed by atoms with van der Waals surface area (Å²) in [5, 5.41) is 9.08. The topological polar surface area (TPSA) is 109 Å². The van der Waals surface area contributed by atoms with Gasteiger partial charge in [-0.1, -0.05) is 59.2 Å². The molecule has 4 heterocycles. The molecule has 0 atom stereocenters. The zero-order valence-electron chi connectivity index (χ0n) is 35.5. The summed E-state index contributed by atoms with van der Waals surface area (Å²) >= 11 is 16.3. The van der Waals surface area contributed by atoms with Crippen molar-refractivity contribution in [1.82, 2.24) is 29.6 Å². The number of fused-ring (bicyclic) bond motifs is 2. The number of nitrogens with zero attached hydrogens (tertiary/aromatic N) is 4. The van der Waals surface area contributed by atoms with Gasteiger partial charge in [0.25, 0.3) is 0 Å². The maximum absolute atomic E-state index is 13.0. The Kier molecular flexibility index (Phi) is 13.8. The van der Waals surface area contributed by atoms with Crippen LogP contribution in [0.3, 0.4) is 0 Å². The van der Waals surface area contributed by atoms with E-state index in [-0.39, 0.29) is 23.6 Å². The standard InChI is InChI=1S/C50H50Cl2N6O4S/c1-55-29-21-35-31-37(9-15-39(35)55)47-33(13-19-43(59)53-23-5-27-57-25-3-7-45(57)61)11-17-41(49(47)51)63-42-18-12-34(14-20-44(60)54-24-6-28-58-26-4-8-46(58)62)48(50(42)52)38-10-16-40-36(32-38)22-30-56(40)2/h9-22,29-32H,3-8,23-28H2,1-2H3,(H,53,59)(H,54,60). The molecule has 324 valence electrons. The van der Waals surface area contributed by atoms with Crippen molar-refractivity contribution in [3.05, 3.63) is 119 Å².